The first-order valence-electron chi connectivity index (χ1n) is 8.31. The van der Waals surface area contributed by atoms with Gasteiger partial charge in [0.2, 0.25) is 0 Å². The molecule has 0 spiro atoms. The second-order valence-corrected chi connectivity index (χ2v) is 7.93. The number of pyridine rings is 1. The molecular weight excluding hydrogens is 378 g/mol. The second kappa shape index (κ2) is 8.15. The summed E-state index contributed by atoms with van der Waals surface area (Å²) >= 11 is 0. The van der Waals surface area contributed by atoms with E-state index in [0.717, 1.165) is 31.3 Å². The van der Waals surface area contributed by atoms with E-state index in [0.29, 0.717) is 19.0 Å². The maximum atomic E-state index is 13.2. The molecule has 27 heavy (non-hydrogen) atoms. The summed E-state index contributed by atoms with van der Waals surface area (Å²) < 4.78 is 58.7. The average molecular weight is 398 g/mol. The van der Waals surface area contributed by atoms with Crippen molar-refractivity contribution in [2.24, 2.45) is 0 Å². The third kappa shape index (κ3) is 5.12. The molecule has 2 aromatic rings. The maximum absolute atomic E-state index is 13.2. The molecule has 2 N–H and O–H groups in total. The van der Waals surface area contributed by atoms with Crippen molar-refractivity contribution in [1.82, 2.24) is 9.88 Å². The third-order valence-electron chi connectivity index (χ3n) is 4.07. The standard InChI is InChI=1S/C17H20F2N4O3S/c1-23-6-7-26-13(11-23)9-20-17-5-3-14(10-21-17)27(24,25)22-12-2-4-15(18)16(19)8-12/h2-5,8,10,13,22H,6-7,9,11H2,1H3,(H,20,21). The predicted molar refractivity (Wildman–Crippen MR) is 97.1 cm³/mol. The molecule has 7 nitrogen and oxygen atoms in total. The first kappa shape index (κ1) is 19.5. The van der Waals surface area contributed by atoms with Crippen LogP contribution in [0.1, 0.15) is 0 Å². The first-order valence-corrected chi connectivity index (χ1v) is 9.80. The molecule has 0 bridgehead atoms. The molecule has 1 aromatic heterocycles. The van der Waals surface area contributed by atoms with Gasteiger partial charge in [-0.15, -0.1) is 0 Å². The largest absolute Gasteiger partial charge is 0.374 e. The molecule has 10 heteroatoms. The highest BCUT2D eigenvalue weighted by molar-refractivity contribution is 7.92. The number of anilines is 2. The molecule has 3 rings (SSSR count). The van der Waals surface area contributed by atoms with Gasteiger partial charge in [0.05, 0.1) is 18.4 Å². The molecule has 0 saturated carbocycles. The van der Waals surface area contributed by atoms with Gasteiger partial charge >= 0.3 is 0 Å². The molecule has 0 radical (unpaired) electrons. The topological polar surface area (TPSA) is 83.6 Å². The normalized spacial score (nSPS) is 18.3. The molecule has 0 amide bonds. The van der Waals surface area contributed by atoms with Crippen LogP contribution in [0.5, 0.6) is 0 Å². The number of morpholine rings is 1. The van der Waals surface area contributed by atoms with E-state index in [1.807, 2.05) is 7.05 Å². The summed E-state index contributed by atoms with van der Waals surface area (Å²) in [6, 6.07) is 5.68. The molecule has 1 aliphatic heterocycles. The van der Waals surface area contributed by atoms with Crippen LogP contribution in [0, 0.1) is 11.6 Å². The fourth-order valence-electron chi connectivity index (χ4n) is 2.63. The van der Waals surface area contributed by atoms with Crippen LogP contribution >= 0.6 is 0 Å². The number of hydrogen-bond acceptors (Lipinski definition) is 6. The lowest BCUT2D eigenvalue weighted by Crippen LogP contribution is -2.43. The third-order valence-corrected chi connectivity index (χ3v) is 5.44. The molecular formula is C17H20F2N4O3S. The lowest BCUT2D eigenvalue weighted by atomic mass is 10.3. The second-order valence-electron chi connectivity index (χ2n) is 6.25. The quantitative estimate of drug-likeness (QED) is 0.773. The van der Waals surface area contributed by atoms with Gasteiger partial charge in [-0.2, -0.15) is 0 Å². The summed E-state index contributed by atoms with van der Waals surface area (Å²) in [6.45, 7) is 2.92. The minimum absolute atomic E-state index is 0.0315. The van der Waals surface area contributed by atoms with Crippen LogP contribution in [0.2, 0.25) is 0 Å². The minimum Gasteiger partial charge on any atom is -0.374 e. The highest BCUT2D eigenvalue weighted by Gasteiger charge is 2.18. The maximum Gasteiger partial charge on any atom is 0.263 e. The fourth-order valence-corrected chi connectivity index (χ4v) is 3.62. The summed E-state index contributed by atoms with van der Waals surface area (Å²) in [5, 5.41) is 3.11. The van der Waals surface area contributed by atoms with E-state index in [2.05, 4.69) is 19.9 Å². The van der Waals surface area contributed by atoms with E-state index in [1.165, 1.54) is 18.3 Å². The number of sulfonamides is 1. The Morgan fingerprint density at radius 1 is 1.26 bits per heavy atom. The number of aromatic nitrogens is 1. The Hall–Kier alpha value is -2.30. The highest BCUT2D eigenvalue weighted by atomic mass is 32.2. The van der Waals surface area contributed by atoms with Crippen LogP contribution in [0.15, 0.2) is 41.4 Å². The smallest absolute Gasteiger partial charge is 0.263 e. The van der Waals surface area contributed by atoms with Crippen LogP contribution in [0.4, 0.5) is 20.3 Å². The van der Waals surface area contributed by atoms with Gasteiger partial charge in [-0.05, 0) is 31.3 Å². The van der Waals surface area contributed by atoms with Gasteiger partial charge in [0, 0.05) is 31.9 Å². The van der Waals surface area contributed by atoms with Crippen molar-refractivity contribution in [1.29, 1.82) is 0 Å². The Labute approximate surface area is 156 Å². The molecule has 146 valence electrons. The van der Waals surface area contributed by atoms with Crippen LogP contribution in [-0.2, 0) is 14.8 Å². The van der Waals surface area contributed by atoms with Gasteiger partial charge in [-0.1, -0.05) is 0 Å². The van der Waals surface area contributed by atoms with Gasteiger partial charge in [-0.3, -0.25) is 4.72 Å². The minimum atomic E-state index is -3.96. The van der Waals surface area contributed by atoms with Crippen molar-refractivity contribution in [2.45, 2.75) is 11.0 Å². The molecule has 1 aromatic carbocycles. The predicted octanol–water partition coefficient (Wildman–Crippen LogP) is 1.90. The number of rotatable bonds is 6. The zero-order valence-corrected chi connectivity index (χ0v) is 15.5. The number of nitrogens with one attached hydrogen (secondary N) is 2. The number of benzene rings is 1. The Kier molecular flexibility index (Phi) is 5.88. The van der Waals surface area contributed by atoms with E-state index >= 15 is 0 Å². The van der Waals surface area contributed by atoms with E-state index < -0.39 is 21.7 Å². The average Bonchev–Trinajstić information content (AvgIpc) is 2.63. The number of likely N-dealkylation sites (N-methyl/N-ethyl adjacent to an activating group) is 1. The lowest BCUT2D eigenvalue weighted by Gasteiger charge is -2.30. The molecule has 0 aliphatic carbocycles. The molecule has 1 fully saturated rings. The van der Waals surface area contributed by atoms with Gasteiger partial charge in [-0.25, -0.2) is 22.2 Å². The van der Waals surface area contributed by atoms with Crippen molar-refractivity contribution >= 4 is 21.5 Å². The zero-order valence-electron chi connectivity index (χ0n) is 14.7. The molecule has 1 atom stereocenters. The van der Waals surface area contributed by atoms with E-state index in [4.69, 9.17) is 4.74 Å². The number of nitrogens with zero attached hydrogens (tertiary/aromatic N) is 2. The molecule has 1 unspecified atom stereocenters. The van der Waals surface area contributed by atoms with Gasteiger partial charge in [0.25, 0.3) is 10.0 Å². The SMILES string of the molecule is CN1CCOC(CNc2ccc(S(=O)(=O)Nc3ccc(F)c(F)c3)cn2)C1. The number of halogens is 2. The fraction of sp³-hybridized carbons (Fsp3) is 0.353. The first-order chi connectivity index (χ1) is 12.8. The van der Waals surface area contributed by atoms with Crippen molar-refractivity contribution in [3.63, 3.8) is 0 Å². The van der Waals surface area contributed by atoms with Crippen molar-refractivity contribution in [3.8, 4) is 0 Å². The van der Waals surface area contributed by atoms with Crippen LogP contribution < -0.4 is 10.0 Å². The summed E-state index contributed by atoms with van der Waals surface area (Å²) in [5.41, 5.74) is -0.0744. The van der Waals surface area contributed by atoms with Gasteiger partial charge < -0.3 is 15.0 Å². The summed E-state index contributed by atoms with van der Waals surface area (Å²) in [7, 11) is -1.94. The van der Waals surface area contributed by atoms with Crippen LogP contribution in [0.25, 0.3) is 0 Å². The van der Waals surface area contributed by atoms with E-state index in [1.54, 1.807) is 0 Å². The molecule has 1 saturated heterocycles. The van der Waals surface area contributed by atoms with E-state index in [-0.39, 0.29) is 16.7 Å². The van der Waals surface area contributed by atoms with Crippen molar-refractivity contribution in [2.75, 3.05) is 43.3 Å². The number of ether oxygens (including phenoxy) is 1. The van der Waals surface area contributed by atoms with Gasteiger partial charge in [0.15, 0.2) is 11.6 Å². The van der Waals surface area contributed by atoms with Crippen LogP contribution in [0.3, 0.4) is 0 Å². The summed E-state index contributed by atoms with van der Waals surface area (Å²) in [6.07, 6.45) is 1.22. The lowest BCUT2D eigenvalue weighted by molar-refractivity contribution is -0.0117. The Balaban J connectivity index is 1.62. The Morgan fingerprint density at radius 3 is 2.74 bits per heavy atom. The van der Waals surface area contributed by atoms with E-state index in [9.17, 15) is 17.2 Å². The molecule has 1 aliphatic rings. The monoisotopic (exact) mass is 398 g/mol. The highest BCUT2D eigenvalue weighted by Crippen LogP contribution is 2.19. The summed E-state index contributed by atoms with van der Waals surface area (Å²) in [5.74, 6) is -1.68. The summed E-state index contributed by atoms with van der Waals surface area (Å²) in [4.78, 5) is 6.17. The molecule has 2 heterocycles. The Bertz CT molecular complexity index is 894. The van der Waals surface area contributed by atoms with Crippen molar-refractivity contribution < 1.29 is 21.9 Å². The zero-order chi connectivity index (χ0) is 19.4. The van der Waals surface area contributed by atoms with Crippen molar-refractivity contribution in [3.05, 3.63) is 48.2 Å². The Morgan fingerprint density at radius 2 is 2.07 bits per heavy atom. The van der Waals surface area contributed by atoms with Crippen LogP contribution in [-0.4, -0.2) is 57.7 Å². The number of hydrogen-bond donors (Lipinski definition) is 2. The van der Waals surface area contributed by atoms with Gasteiger partial charge in [0.1, 0.15) is 10.7 Å².